The van der Waals surface area contributed by atoms with Gasteiger partial charge in [0.1, 0.15) is 4.84 Å². The minimum Gasteiger partial charge on any atom is -0.294 e. The van der Waals surface area contributed by atoms with Crippen molar-refractivity contribution in [2.75, 3.05) is 0 Å². The molecule has 1 atom stereocenters. The lowest BCUT2D eigenvalue weighted by Crippen LogP contribution is -2.39. The number of halogens is 2. The van der Waals surface area contributed by atoms with Crippen molar-refractivity contribution in [3.8, 4) is 0 Å². The first-order valence-electron chi connectivity index (χ1n) is 4.67. The topological polar surface area (TPSA) is 17.1 Å². The third kappa shape index (κ3) is 1.51. The first-order chi connectivity index (χ1) is 7.06. The van der Waals surface area contributed by atoms with Gasteiger partial charge in [-0.1, -0.05) is 30.3 Å². The van der Waals surface area contributed by atoms with Crippen LogP contribution in [0.25, 0.3) is 6.08 Å². The van der Waals surface area contributed by atoms with Crippen molar-refractivity contribution in [2.24, 2.45) is 0 Å². The summed E-state index contributed by atoms with van der Waals surface area (Å²) < 4.78 is 0. The standard InChI is InChI=1S/C12H10Cl2O/c1-12(11(13)14)9-5-3-2-4-8(9)6-7-10(12)15/h2-7,11H,1H3/t12-/m1/s1. The summed E-state index contributed by atoms with van der Waals surface area (Å²) in [6, 6.07) is 7.66. The van der Waals surface area contributed by atoms with E-state index in [9.17, 15) is 4.79 Å². The number of hydrogen-bond acceptors (Lipinski definition) is 1. The fourth-order valence-corrected chi connectivity index (χ4v) is 2.26. The van der Waals surface area contributed by atoms with E-state index in [2.05, 4.69) is 0 Å². The lowest BCUT2D eigenvalue weighted by molar-refractivity contribution is -0.119. The Morgan fingerprint density at radius 2 is 1.87 bits per heavy atom. The molecule has 0 N–H and O–H groups in total. The van der Waals surface area contributed by atoms with Crippen molar-refractivity contribution in [3.05, 3.63) is 41.5 Å². The summed E-state index contributed by atoms with van der Waals surface area (Å²) in [4.78, 5) is 11.1. The molecule has 0 saturated heterocycles. The SMILES string of the molecule is C[C@]1(C(Cl)Cl)C(=O)C=Cc2ccccc21. The minimum atomic E-state index is -0.825. The molecule has 3 heteroatoms. The molecule has 1 aromatic rings. The third-order valence-electron chi connectivity index (χ3n) is 2.88. The Labute approximate surface area is 98.7 Å². The molecule has 0 unspecified atom stereocenters. The molecule has 2 rings (SSSR count). The Kier molecular flexibility index (Phi) is 2.61. The molecule has 0 aliphatic heterocycles. The highest BCUT2D eigenvalue weighted by molar-refractivity contribution is 6.47. The Bertz CT molecular complexity index is 437. The van der Waals surface area contributed by atoms with Gasteiger partial charge in [0.25, 0.3) is 0 Å². The summed E-state index contributed by atoms with van der Waals surface area (Å²) in [7, 11) is 0. The van der Waals surface area contributed by atoms with E-state index in [1.165, 1.54) is 0 Å². The third-order valence-corrected chi connectivity index (χ3v) is 3.76. The van der Waals surface area contributed by atoms with Crippen LogP contribution < -0.4 is 0 Å². The van der Waals surface area contributed by atoms with Crippen molar-refractivity contribution in [1.29, 1.82) is 0 Å². The zero-order chi connectivity index (χ0) is 11.1. The van der Waals surface area contributed by atoms with Crippen molar-refractivity contribution in [2.45, 2.75) is 17.2 Å². The Balaban J connectivity index is 2.66. The molecule has 15 heavy (non-hydrogen) atoms. The van der Waals surface area contributed by atoms with E-state index < -0.39 is 10.3 Å². The molecular formula is C12H10Cl2O. The normalized spacial score (nSPS) is 24.4. The molecule has 1 aliphatic rings. The summed E-state index contributed by atoms with van der Waals surface area (Å²) >= 11 is 11.9. The van der Waals surface area contributed by atoms with Crippen LogP contribution in [0.1, 0.15) is 18.1 Å². The van der Waals surface area contributed by atoms with E-state index in [1.54, 1.807) is 19.1 Å². The van der Waals surface area contributed by atoms with Crippen molar-refractivity contribution >= 4 is 35.1 Å². The van der Waals surface area contributed by atoms with Crippen molar-refractivity contribution in [1.82, 2.24) is 0 Å². The van der Waals surface area contributed by atoms with Crippen molar-refractivity contribution < 1.29 is 4.79 Å². The van der Waals surface area contributed by atoms with E-state index in [0.29, 0.717) is 0 Å². The van der Waals surface area contributed by atoms with Crippen LogP contribution in [0.15, 0.2) is 30.3 Å². The molecule has 0 radical (unpaired) electrons. The average molecular weight is 241 g/mol. The van der Waals surface area contributed by atoms with Gasteiger partial charge in [-0.3, -0.25) is 4.79 Å². The Morgan fingerprint density at radius 3 is 2.53 bits per heavy atom. The van der Waals surface area contributed by atoms with Crippen LogP contribution in [0.2, 0.25) is 0 Å². The van der Waals surface area contributed by atoms with E-state index in [-0.39, 0.29) is 5.78 Å². The summed E-state index contributed by atoms with van der Waals surface area (Å²) in [5.41, 5.74) is 1.08. The lowest BCUT2D eigenvalue weighted by atomic mass is 9.74. The van der Waals surface area contributed by atoms with Gasteiger partial charge in [0.2, 0.25) is 0 Å². The van der Waals surface area contributed by atoms with E-state index in [4.69, 9.17) is 23.2 Å². The molecule has 0 spiro atoms. The smallest absolute Gasteiger partial charge is 0.168 e. The first kappa shape index (κ1) is 10.7. The largest absolute Gasteiger partial charge is 0.294 e. The van der Waals surface area contributed by atoms with Gasteiger partial charge in [-0.2, -0.15) is 0 Å². The number of allylic oxidation sites excluding steroid dienone is 1. The second kappa shape index (κ2) is 3.66. The van der Waals surface area contributed by atoms with E-state index >= 15 is 0 Å². The van der Waals surface area contributed by atoms with Gasteiger partial charge < -0.3 is 0 Å². The molecular weight excluding hydrogens is 231 g/mol. The second-order valence-corrected chi connectivity index (χ2v) is 4.88. The Hall–Kier alpha value is -0.790. The molecule has 0 heterocycles. The number of fused-ring (bicyclic) bond motifs is 1. The summed E-state index contributed by atoms with van der Waals surface area (Å²) in [6.45, 7) is 1.78. The van der Waals surface area contributed by atoms with Gasteiger partial charge >= 0.3 is 0 Å². The molecule has 0 bridgehead atoms. The van der Waals surface area contributed by atoms with E-state index in [0.717, 1.165) is 11.1 Å². The predicted octanol–water partition coefficient (Wildman–Crippen LogP) is 3.34. The van der Waals surface area contributed by atoms with Crippen LogP contribution in [-0.2, 0) is 10.2 Å². The molecule has 1 nitrogen and oxygen atoms in total. The van der Waals surface area contributed by atoms with Gasteiger partial charge in [0, 0.05) is 0 Å². The maximum absolute atomic E-state index is 11.9. The fourth-order valence-electron chi connectivity index (χ4n) is 1.81. The van der Waals surface area contributed by atoms with Gasteiger partial charge in [-0.05, 0) is 24.1 Å². The maximum Gasteiger partial charge on any atom is 0.168 e. The van der Waals surface area contributed by atoms with E-state index in [1.807, 2.05) is 24.3 Å². The summed E-state index contributed by atoms with van der Waals surface area (Å²) in [5.74, 6) is -0.0452. The zero-order valence-corrected chi connectivity index (χ0v) is 9.72. The lowest BCUT2D eigenvalue weighted by Gasteiger charge is -2.32. The highest BCUT2D eigenvalue weighted by Crippen LogP contribution is 2.39. The number of rotatable bonds is 1. The van der Waals surface area contributed by atoms with Crippen LogP contribution in [-0.4, -0.2) is 10.6 Å². The molecule has 1 aromatic carbocycles. The van der Waals surface area contributed by atoms with Gasteiger partial charge in [-0.25, -0.2) is 0 Å². The fraction of sp³-hybridized carbons (Fsp3) is 0.250. The summed E-state index contributed by atoms with van der Waals surface area (Å²) in [5, 5.41) is 0. The van der Waals surface area contributed by atoms with Crippen LogP contribution in [0.5, 0.6) is 0 Å². The molecule has 0 saturated carbocycles. The summed E-state index contributed by atoms with van der Waals surface area (Å²) in [6.07, 6.45) is 3.34. The first-order valence-corrected chi connectivity index (χ1v) is 5.54. The highest BCUT2D eigenvalue weighted by atomic mass is 35.5. The second-order valence-electron chi connectivity index (χ2n) is 3.79. The van der Waals surface area contributed by atoms with Crippen molar-refractivity contribution in [3.63, 3.8) is 0 Å². The van der Waals surface area contributed by atoms with Gasteiger partial charge in [-0.15, -0.1) is 23.2 Å². The van der Waals surface area contributed by atoms with Gasteiger partial charge in [0.05, 0.1) is 5.41 Å². The maximum atomic E-state index is 11.9. The number of carbonyl (C=O) groups is 1. The number of hydrogen-bond donors (Lipinski definition) is 0. The quantitative estimate of drug-likeness (QED) is 0.689. The van der Waals surface area contributed by atoms with Gasteiger partial charge in [0.15, 0.2) is 5.78 Å². The molecule has 0 fully saturated rings. The minimum absolute atomic E-state index is 0.0452. The number of benzene rings is 1. The number of carbonyl (C=O) groups excluding carboxylic acids is 1. The average Bonchev–Trinajstić information content (AvgIpc) is 2.23. The Morgan fingerprint density at radius 1 is 1.20 bits per heavy atom. The van der Waals surface area contributed by atoms with Crippen LogP contribution >= 0.6 is 23.2 Å². The van der Waals surface area contributed by atoms with Crippen LogP contribution in [0.3, 0.4) is 0 Å². The number of ketones is 1. The molecule has 1 aliphatic carbocycles. The zero-order valence-electron chi connectivity index (χ0n) is 8.21. The highest BCUT2D eigenvalue weighted by Gasteiger charge is 2.42. The monoisotopic (exact) mass is 240 g/mol. The molecule has 0 amide bonds. The molecule has 78 valence electrons. The number of alkyl halides is 2. The molecule has 0 aromatic heterocycles. The van der Waals surface area contributed by atoms with Crippen LogP contribution in [0.4, 0.5) is 0 Å². The van der Waals surface area contributed by atoms with Crippen LogP contribution in [0, 0.1) is 0 Å². The predicted molar refractivity (Wildman–Crippen MR) is 63.3 cm³/mol.